The molecular formula is C13H19N3. The summed E-state index contributed by atoms with van der Waals surface area (Å²) in [6.07, 6.45) is 0. The van der Waals surface area contributed by atoms with Crippen molar-refractivity contribution in [1.82, 2.24) is 14.6 Å². The van der Waals surface area contributed by atoms with Gasteiger partial charge in [0.15, 0.2) is 5.65 Å². The van der Waals surface area contributed by atoms with E-state index in [-0.39, 0.29) is 0 Å². The smallest absolute Gasteiger partial charge is 0.158 e. The van der Waals surface area contributed by atoms with Gasteiger partial charge in [0.2, 0.25) is 0 Å². The van der Waals surface area contributed by atoms with Crippen molar-refractivity contribution in [2.24, 2.45) is 0 Å². The van der Waals surface area contributed by atoms with E-state index in [1.165, 1.54) is 22.5 Å². The van der Waals surface area contributed by atoms with Gasteiger partial charge >= 0.3 is 0 Å². The fourth-order valence-electron chi connectivity index (χ4n) is 2.06. The average molecular weight is 217 g/mol. The van der Waals surface area contributed by atoms with Crippen LogP contribution in [-0.4, -0.2) is 14.6 Å². The van der Waals surface area contributed by atoms with Crippen molar-refractivity contribution in [3.8, 4) is 0 Å². The second-order valence-corrected chi connectivity index (χ2v) is 4.81. The van der Waals surface area contributed by atoms with Crippen LogP contribution in [-0.2, 0) is 0 Å². The summed E-state index contributed by atoms with van der Waals surface area (Å²) in [4.78, 5) is 4.76. The van der Waals surface area contributed by atoms with Gasteiger partial charge in [-0.3, -0.25) is 0 Å². The van der Waals surface area contributed by atoms with Crippen molar-refractivity contribution in [3.05, 3.63) is 28.2 Å². The van der Waals surface area contributed by atoms with E-state index in [4.69, 9.17) is 4.98 Å². The third-order valence-corrected chi connectivity index (χ3v) is 3.35. The van der Waals surface area contributed by atoms with Gasteiger partial charge in [0, 0.05) is 11.3 Å². The largest absolute Gasteiger partial charge is 0.233 e. The number of aryl methyl sites for hydroxylation is 3. The number of rotatable bonds is 1. The molecule has 0 aliphatic rings. The normalized spacial score (nSPS) is 11.7. The third kappa shape index (κ3) is 1.42. The first-order valence-electron chi connectivity index (χ1n) is 5.76. The maximum absolute atomic E-state index is 4.76. The van der Waals surface area contributed by atoms with Gasteiger partial charge in [-0.25, -0.2) is 9.50 Å². The lowest BCUT2D eigenvalue weighted by atomic mass is 10.0. The molecule has 0 atom stereocenters. The molecule has 2 heterocycles. The Labute approximate surface area is 96.5 Å². The molecule has 86 valence electrons. The van der Waals surface area contributed by atoms with E-state index >= 15 is 0 Å². The van der Waals surface area contributed by atoms with Crippen LogP contribution in [0.15, 0.2) is 0 Å². The van der Waals surface area contributed by atoms with Crippen molar-refractivity contribution >= 4 is 5.65 Å². The Hall–Kier alpha value is -1.38. The molecule has 0 aliphatic carbocycles. The number of hydrogen-bond acceptors (Lipinski definition) is 2. The highest BCUT2D eigenvalue weighted by Gasteiger charge is 2.15. The lowest BCUT2D eigenvalue weighted by molar-refractivity contribution is 0.777. The van der Waals surface area contributed by atoms with Crippen LogP contribution in [0.4, 0.5) is 0 Å². The lowest BCUT2D eigenvalue weighted by Crippen LogP contribution is -2.06. The molecule has 0 spiro atoms. The van der Waals surface area contributed by atoms with E-state index in [1.54, 1.807) is 0 Å². The van der Waals surface area contributed by atoms with E-state index in [2.05, 4.69) is 39.7 Å². The quantitative estimate of drug-likeness (QED) is 0.734. The van der Waals surface area contributed by atoms with E-state index in [1.807, 2.05) is 11.4 Å². The Bertz CT molecular complexity index is 550. The molecular weight excluding hydrogens is 198 g/mol. The summed E-state index contributed by atoms with van der Waals surface area (Å²) < 4.78 is 1.96. The highest BCUT2D eigenvalue weighted by molar-refractivity contribution is 5.52. The summed E-state index contributed by atoms with van der Waals surface area (Å²) in [6.45, 7) is 12.7. The Kier molecular flexibility index (Phi) is 2.49. The summed E-state index contributed by atoms with van der Waals surface area (Å²) >= 11 is 0. The van der Waals surface area contributed by atoms with Crippen LogP contribution in [0.3, 0.4) is 0 Å². The second-order valence-electron chi connectivity index (χ2n) is 4.81. The zero-order valence-electron chi connectivity index (χ0n) is 10.9. The lowest BCUT2D eigenvalue weighted by Gasteiger charge is -2.12. The molecule has 0 saturated carbocycles. The Morgan fingerprint density at radius 2 is 1.62 bits per heavy atom. The highest BCUT2D eigenvalue weighted by atomic mass is 15.3. The molecule has 3 heteroatoms. The number of fused-ring (bicyclic) bond motifs is 1. The molecule has 0 bridgehead atoms. The molecule has 0 fully saturated rings. The Balaban J connectivity index is 2.88. The minimum absolute atomic E-state index is 0.457. The number of aromatic nitrogens is 3. The van der Waals surface area contributed by atoms with Crippen LogP contribution >= 0.6 is 0 Å². The van der Waals surface area contributed by atoms with Gasteiger partial charge in [-0.2, -0.15) is 5.10 Å². The van der Waals surface area contributed by atoms with Crippen molar-refractivity contribution < 1.29 is 0 Å². The maximum Gasteiger partial charge on any atom is 0.158 e. The van der Waals surface area contributed by atoms with Gasteiger partial charge in [-0.05, 0) is 39.2 Å². The molecule has 0 N–H and O–H groups in total. The van der Waals surface area contributed by atoms with Gasteiger partial charge in [-0.15, -0.1) is 0 Å². The molecule has 0 aliphatic heterocycles. The van der Waals surface area contributed by atoms with Crippen LogP contribution in [0.2, 0.25) is 0 Å². The third-order valence-electron chi connectivity index (χ3n) is 3.35. The minimum Gasteiger partial charge on any atom is -0.233 e. The van der Waals surface area contributed by atoms with Crippen molar-refractivity contribution in [3.63, 3.8) is 0 Å². The molecule has 0 saturated heterocycles. The minimum atomic E-state index is 0.457. The van der Waals surface area contributed by atoms with Crippen LogP contribution in [0.25, 0.3) is 5.65 Å². The molecule has 2 aromatic heterocycles. The maximum atomic E-state index is 4.76. The zero-order valence-corrected chi connectivity index (χ0v) is 10.9. The fraction of sp³-hybridized carbons (Fsp3) is 0.538. The monoisotopic (exact) mass is 217 g/mol. The van der Waals surface area contributed by atoms with E-state index in [0.29, 0.717) is 5.92 Å². The molecule has 0 radical (unpaired) electrons. The highest BCUT2D eigenvalue weighted by Crippen LogP contribution is 2.23. The molecule has 0 aromatic carbocycles. The summed E-state index contributed by atoms with van der Waals surface area (Å²) in [6, 6.07) is 0. The molecule has 2 rings (SSSR count). The SMILES string of the molecule is Cc1nn2c(C)c(C)c(C(C)C)nc2c1C. The van der Waals surface area contributed by atoms with Crippen LogP contribution < -0.4 is 0 Å². The summed E-state index contributed by atoms with van der Waals surface area (Å²) in [7, 11) is 0. The number of nitrogens with zero attached hydrogens (tertiary/aromatic N) is 3. The van der Waals surface area contributed by atoms with Gasteiger partial charge in [0.1, 0.15) is 0 Å². The van der Waals surface area contributed by atoms with Crippen LogP contribution in [0.5, 0.6) is 0 Å². The number of hydrogen-bond donors (Lipinski definition) is 0. The van der Waals surface area contributed by atoms with Gasteiger partial charge in [0.25, 0.3) is 0 Å². The van der Waals surface area contributed by atoms with Crippen molar-refractivity contribution in [2.45, 2.75) is 47.5 Å². The summed E-state index contributed by atoms with van der Waals surface area (Å²) in [5, 5.41) is 4.53. The average Bonchev–Trinajstić information content (AvgIpc) is 2.50. The molecule has 2 aromatic rings. The van der Waals surface area contributed by atoms with Crippen LogP contribution in [0, 0.1) is 27.7 Å². The first-order valence-corrected chi connectivity index (χ1v) is 5.76. The predicted octanol–water partition coefficient (Wildman–Crippen LogP) is 3.09. The summed E-state index contributed by atoms with van der Waals surface area (Å²) in [5.41, 5.74) is 6.90. The van der Waals surface area contributed by atoms with E-state index in [0.717, 1.165) is 11.3 Å². The Morgan fingerprint density at radius 1 is 1.00 bits per heavy atom. The topological polar surface area (TPSA) is 30.2 Å². The predicted molar refractivity (Wildman–Crippen MR) is 66.0 cm³/mol. The van der Waals surface area contributed by atoms with Crippen LogP contribution in [0.1, 0.15) is 48.0 Å². The standard InChI is InChI=1S/C13H19N3/c1-7(2)12-9(4)11(6)16-13(14-12)8(3)10(5)15-16/h7H,1-6H3. The first kappa shape index (κ1) is 11.1. The molecule has 16 heavy (non-hydrogen) atoms. The van der Waals surface area contributed by atoms with Gasteiger partial charge in [0.05, 0.1) is 11.4 Å². The van der Waals surface area contributed by atoms with Gasteiger partial charge in [-0.1, -0.05) is 13.8 Å². The van der Waals surface area contributed by atoms with Crippen molar-refractivity contribution in [1.29, 1.82) is 0 Å². The molecule has 3 nitrogen and oxygen atoms in total. The van der Waals surface area contributed by atoms with E-state index < -0.39 is 0 Å². The Morgan fingerprint density at radius 3 is 2.19 bits per heavy atom. The second kappa shape index (κ2) is 3.58. The zero-order chi connectivity index (χ0) is 12.0. The molecule has 0 amide bonds. The van der Waals surface area contributed by atoms with Crippen molar-refractivity contribution in [2.75, 3.05) is 0 Å². The fourth-order valence-corrected chi connectivity index (χ4v) is 2.06. The first-order chi connectivity index (χ1) is 7.43. The summed E-state index contributed by atoms with van der Waals surface area (Å²) in [5.74, 6) is 0.457. The van der Waals surface area contributed by atoms with E-state index in [9.17, 15) is 0 Å². The molecule has 0 unspecified atom stereocenters. The van der Waals surface area contributed by atoms with Gasteiger partial charge < -0.3 is 0 Å².